The number of nitrogens with one attached hydrogen (secondary N) is 1. The summed E-state index contributed by atoms with van der Waals surface area (Å²) in [5, 5.41) is 14.1. The van der Waals surface area contributed by atoms with Crippen LogP contribution in [-0.2, 0) is 12.8 Å². The van der Waals surface area contributed by atoms with Gasteiger partial charge in [0, 0.05) is 18.4 Å². The highest BCUT2D eigenvalue weighted by Crippen LogP contribution is 2.28. The molecule has 4 nitrogen and oxygen atoms in total. The van der Waals surface area contributed by atoms with Crippen LogP contribution in [0, 0.1) is 0 Å². The standard InChI is InChI=1S/C15H23N3OS/c1-5-12-11(8-10-19-12)14-18-17-13(20-14)7-6-9-16-15(2,3)4/h8,10,16H,5-7,9H2,1-4H3. The molecule has 110 valence electrons. The van der Waals surface area contributed by atoms with Crippen LogP contribution in [0.3, 0.4) is 0 Å². The van der Waals surface area contributed by atoms with Gasteiger partial charge in [-0.3, -0.25) is 0 Å². The Bertz CT molecular complexity index is 539. The lowest BCUT2D eigenvalue weighted by molar-refractivity contribution is 0.422. The molecular weight excluding hydrogens is 270 g/mol. The van der Waals surface area contributed by atoms with Crippen LogP contribution in [0.2, 0.25) is 0 Å². The topological polar surface area (TPSA) is 51.0 Å². The van der Waals surface area contributed by atoms with Gasteiger partial charge < -0.3 is 9.73 Å². The Morgan fingerprint density at radius 2 is 2.10 bits per heavy atom. The maximum absolute atomic E-state index is 5.44. The van der Waals surface area contributed by atoms with Gasteiger partial charge in [-0.2, -0.15) is 0 Å². The van der Waals surface area contributed by atoms with Crippen molar-refractivity contribution in [2.45, 2.75) is 52.5 Å². The van der Waals surface area contributed by atoms with Gasteiger partial charge in [0.15, 0.2) is 5.01 Å². The molecule has 5 heteroatoms. The van der Waals surface area contributed by atoms with Crippen molar-refractivity contribution in [3.8, 4) is 10.6 Å². The average molecular weight is 293 g/mol. The molecule has 2 rings (SSSR count). The fraction of sp³-hybridized carbons (Fsp3) is 0.600. The molecule has 0 aliphatic rings. The van der Waals surface area contributed by atoms with Crippen molar-refractivity contribution in [3.05, 3.63) is 23.1 Å². The number of hydrogen-bond donors (Lipinski definition) is 1. The Morgan fingerprint density at radius 1 is 1.30 bits per heavy atom. The van der Waals surface area contributed by atoms with Crippen LogP contribution >= 0.6 is 11.3 Å². The van der Waals surface area contributed by atoms with Gasteiger partial charge in [0.2, 0.25) is 0 Å². The van der Waals surface area contributed by atoms with E-state index in [2.05, 4.69) is 43.2 Å². The Morgan fingerprint density at radius 3 is 2.80 bits per heavy atom. The Balaban J connectivity index is 1.90. The van der Waals surface area contributed by atoms with Crippen LogP contribution in [0.4, 0.5) is 0 Å². The fourth-order valence-corrected chi connectivity index (χ4v) is 2.90. The highest BCUT2D eigenvalue weighted by molar-refractivity contribution is 7.14. The van der Waals surface area contributed by atoms with Crippen LogP contribution in [0.5, 0.6) is 0 Å². The molecule has 0 amide bonds. The van der Waals surface area contributed by atoms with Gasteiger partial charge in [-0.1, -0.05) is 18.3 Å². The third kappa shape index (κ3) is 4.15. The lowest BCUT2D eigenvalue weighted by Gasteiger charge is -2.20. The smallest absolute Gasteiger partial charge is 0.151 e. The number of rotatable bonds is 6. The summed E-state index contributed by atoms with van der Waals surface area (Å²) >= 11 is 1.67. The van der Waals surface area contributed by atoms with E-state index in [0.29, 0.717) is 0 Å². The van der Waals surface area contributed by atoms with E-state index < -0.39 is 0 Å². The summed E-state index contributed by atoms with van der Waals surface area (Å²) in [4.78, 5) is 0. The lowest BCUT2D eigenvalue weighted by Crippen LogP contribution is -2.36. The van der Waals surface area contributed by atoms with Gasteiger partial charge in [0.25, 0.3) is 0 Å². The first-order valence-electron chi connectivity index (χ1n) is 7.14. The highest BCUT2D eigenvalue weighted by atomic mass is 32.1. The summed E-state index contributed by atoms with van der Waals surface area (Å²) < 4.78 is 5.44. The monoisotopic (exact) mass is 293 g/mol. The molecule has 2 aromatic rings. The molecule has 20 heavy (non-hydrogen) atoms. The largest absolute Gasteiger partial charge is 0.469 e. The Hall–Kier alpha value is -1.20. The molecule has 0 radical (unpaired) electrons. The molecule has 1 N–H and O–H groups in total. The fourth-order valence-electron chi connectivity index (χ4n) is 1.97. The number of furan rings is 1. The van der Waals surface area contributed by atoms with Crippen molar-refractivity contribution < 1.29 is 4.42 Å². The first kappa shape index (κ1) is 15.2. The van der Waals surface area contributed by atoms with Gasteiger partial charge in [-0.25, -0.2) is 0 Å². The lowest BCUT2D eigenvalue weighted by atomic mass is 10.1. The SMILES string of the molecule is CCc1occc1-c1nnc(CCCNC(C)(C)C)s1. The predicted octanol–water partition coefficient (Wildman–Crippen LogP) is 3.68. The number of aromatic nitrogens is 2. The molecule has 0 aliphatic heterocycles. The van der Waals surface area contributed by atoms with Crippen LogP contribution in [0.15, 0.2) is 16.7 Å². The van der Waals surface area contributed by atoms with Crippen LogP contribution in [0.25, 0.3) is 10.6 Å². The minimum absolute atomic E-state index is 0.180. The second kappa shape index (κ2) is 6.50. The summed E-state index contributed by atoms with van der Waals surface area (Å²) in [5.41, 5.74) is 1.27. The number of nitrogens with zero attached hydrogens (tertiary/aromatic N) is 2. The van der Waals surface area contributed by atoms with Crippen LogP contribution < -0.4 is 5.32 Å². The maximum atomic E-state index is 5.44. The minimum Gasteiger partial charge on any atom is -0.469 e. The quantitative estimate of drug-likeness (QED) is 0.825. The van der Waals surface area contributed by atoms with Crippen LogP contribution in [0.1, 0.15) is 44.9 Å². The molecule has 0 saturated heterocycles. The Labute approximate surface area is 124 Å². The normalized spacial score (nSPS) is 12.0. The van der Waals surface area contributed by atoms with Gasteiger partial charge in [0.05, 0.1) is 11.8 Å². The summed E-state index contributed by atoms with van der Waals surface area (Å²) in [6.07, 6.45) is 4.66. The maximum Gasteiger partial charge on any atom is 0.151 e. The average Bonchev–Trinajstić information content (AvgIpc) is 3.01. The molecule has 0 unspecified atom stereocenters. The summed E-state index contributed by atoms with van der Waals surface area (Å²) in [6.45, 7) is 9.64. The zero-order valence-corrected chi connectivity index (χ0v) is 13.5. The second-order valence-corrected chi connectivity index (χ2v) is 6.95. The van der Waals surface area contributed by atoms with E-state index in [4.69, 9.17) is 4.42 Å². The summed E-state index contributed by atoms with van der Waals surface area (Å²) in [6, 6.07) is 1.98. The molecule has 2 aromatic heterocycles. The predicted molar refractivity (Wildman–Crippen MR) is 83.1 cm³/mol. The van der Waals surface area contributed by atoms with E-state index in [0.717, 1.165) is 47.1 Å². The second-order valence-electron chi connectivity index (χ2n) is 5.89. The number of hydrogen-bond acceptors (Lipinski definition) is 5. The highest BCUT2D eigenvalue weighted by Gasteiger charge is 2.13. The molecule has 0 atom stereocenters. The first-order chi connectivity index (χ1) is 9.49. The molecular formula is C15H23N3OS. The van der Waals surface area contributed by atoms with E-state index in [9.17, 15) is 0 Å². The van der Waals surface area contributed by atoms with Crippen molar-refractivity contribution in [2.75, 3.05) is 6.54 Å². The van der Waals surface area contributed by atoms with E-state index in [1.165, 1.54) is 0 Å². The van der Waals surface area contributed by atoms with Crippen molar-refractivity contribution in [1.82, 2.24) is 15.5 Å². The van der Waals surface area contributed by atoms with Crippen molar-refractivity contribution in [2.24, 2.45) is 0 Å². The van der Waals surface area contributed by atoms with E-state index >= 15 is 0 Å². The zero-order chi connectivity index (χ0) is 14.6. The molecule has 0 aromatic carbocycles. The first-order valence-corrected chi connectivity index (χ1v) is 7.95. The third-order valence-corrected chi connectivity index (χ3v) is 4.00. The molecule has 0 spiro atoms. The molecule has 0 bridgehead atoms. The van der Waals surface area contributed by atoms with Gasteiger partial charge in [-0.05, 0) is 39.8 Å². The molecule has 0 fully saturated rings. The van der Waals surface area contributed by atoms with Crippen LogP contribution in [-0.4, -0.2) is 22.3 Å². The van der Waals surface area contributed by atoms with E-state index in [-0.39, 0.29) is 5.54 Å². The van der Waals surface area contributed by atoms with E-state index in [1.807, 2.05) is 6.07 Å². The molecule has 0 saturated carbocycles. The van der Waals surface area contributed by atoms with Gasteiger partial charge >= 0.3 is 0 Å². The molecule has 2 heterocycles. The van der Waals surface area contributed by atoms with Gasteiger partial charge in [-0.15, -0.1) is 10.2 Å². The minimum atomic E-state index is 0.180. The van der Waals surface area contributed by atoms with Crippen molar-refractivity contribution in [3.63, 3.8) is 0 Å². The summed E-state index contributed by atoms with van der Waals surface area (Å²) in [5.74, 6) is 0.988. The molecule has 0 aliphatic carbocycles. The summed E-state index contributed by atoms with van der Waals surface area (Å²) in [7, 11) is 0. The van der Waals surface area contributed by atoms with Crippen molar-refractivity contribution in [1.29, 1.82) is 0 Å². The Kier molecular flexibility index (Phi) is 4.94. The van der Waals surface area contributed by atoms with Gasteiger partial charge in [0.1, 0.15) is 10.8 Å². The zero-order valence-electron chi connectivity index (χ0n) is 12.7. The number of aryl methyl sites for hydroxylation is 2. The van der Waals surface area contributed by atoms with E-state index in [1.54, 1.807) is 17.6 Å². The van der Waals surface area contributed by atoms with Crippen molar-refractivity contribution >= 4 is 11.3 Å². The third-order valence-electron chi connectivity index (χ3n) is 2.99.